The molecule has 6 nitrogen and oxygen atoms in total. The molecule has 0 spiro atoms. The van der Waals surface area contributed by atoms with E-state index in [-0.39, 0.29) is 11.9 Å². The highest BCUT2D eigenvalue weighted by molar-refractivity contribution is 7.95. The van der Waals surface area contributed by atoms with E-state index < -0.39 is 10.0 Å². The highest BCUT2D eigenvalue weighted by Gasteiger charge is 2.16. The van der Waals surface area contributed by atoms with Crippen LogP contribution < -0.4 is 10.0 Å². The molecule has 0 aliphatic carbocycles. The van der Waals surface area contributed by atoms with Gasteiger partial charge in [0.2, 0.25) is 0 Å². The van der Waals surface area contributed by atoms with Gasteiger partial charge in [-0.25, -0.2) is 8.42 Å². The molecule has 0 saturated heterocycles. The first kappa shape index (κ1) is 24.2. The lowest BCUT2D eigenvalue weighted by Gasteiger charge is -2.22. The normalized spacial score (nSPS) is 12.6. The van der Waals surface area contributed by atoms with Crippen molar-refractivity contribution >= 4 is 27.7 Å². The van der Waals surface area contributed by atoms with Crippen LogP contribution in [-0.4, -0.2) is 45.9 Å². The first-order chi connectivity index (χ1) is 15.8. The largest absolute Gasteiger partial charge is 0.348 e. The number of anilines is 1. The predicted octanol–water partition coefficient (Wildman–Crippen LogP) is 4.00. The summed E-state index contributed by atoms with van der Waals surface area (Å²) in [7, 11) is 0.269. The second-order valence-electron chi connectivity index (χ2n) is 8.06. The van der Waals surface area contributed by atoms with Gasteiger partial charge in [-0.15, -0.1) is 0 Å². The molecule has 3 rings (SSSR count). The Morgan fingerprint density at radius 3 is 2.12 bits per heavy atom. The third kappa shape index (κ3) is 8.21. The van der Waals surface area contributed by atoms with Gasteiger partial charge in [0.15, 0.2) is 0 Å². The molecular formula is C26H29N3O3S. The molecule has 3 aromatic carbocycles. The molecule has 0 aromatic heterocycles. The lowest BCUT2D eigenvalue weighted by atomic mass is 10.0. The van der Waals surface area contributed by atoms with E-state index in [1.54, 1.807) is 24.3 Å². The molecule has 7 heteroatoms. The minimum atomic E-state index is -3.67. The van der Waals surface area contributed by atoms with Crippen LogP contribution in [-0.2, 0) is 16.4 Å². The highest BCUT2D eigenvalue weighted by atomic mass is 32.2. The smallest absolute Gasteiger partial charge is 0.255 e. The number of nitrogens with one attached hydrogen (secondary N) is 2. The molecule has 33 heavy (non-hydrogen) atoms. The standard InChI is InChI=1S/C26H29N3O3S/c1-29(2)20-25(19-22-11-7-4-8-12-22)27-26(30)23-13-15-24(16-14-23)28-33(31,32)18-17-21-9-5-3-6-10-21/h3-18,25,28H,19-20H2,1-2H3,(H,27,30). The molecule has 2 N–H and O–H groups in total. The third-order valence-corrected chi connectivity index (χ3v) is 5.91. The minimum absolute atomic E-state index is 0.0591. The van der Waals surface area contributed by atoms with E-state index in [1.165, 1.54) is 6.08 Å². The summed E-state index contributed by atoms with van der Waals surface area (Å²) in [5, 5.41) is 4.21. The van der Waals surface area contributed by atoms with E-state index in [0.29, 0.717) is 17.8 Å². The molecule has 1 amide bonds. The van der Waals surface area contributed by atoms with Crippen LogP contribution in [0.4, 0.5) is 5.69 Å². The number of nitrogens with zero attached hydrogens (tertiary/aromatic N) is 1. The number of benzene rings is 3. The number of hydrogen-bond acceptors (Lipinski definition) is 4. The van der Waals surface area contributed by atoms with Crippen molar-refractivity contribution in [2.45, 2.75) is 12.5 Å². The van der Waals surface area contributed by atoms with Gasteiger partial charge in [0.05, 0.1) is 5.41 Å². The summed E-state index contributed by atoms with van der Waals surface area (Å²) in [6.07, 6.45) is 2.25. The van der Waals surface area contributed by atoms with Crippen LogP contribution in [0, 0.1) is 0 Å². The summed E-state index contributed by atoms with van der Waals surface area (Å²) in [4.78, 5) is 14.8. The fraction of sp³-hybridized carbons (Fsp3) is 0.192. The van der Waals surface area contributed by atoms with E-state index in [4.69, 9.17) is 0 Å². The summed E-state index contributed by atoms with van der Waals surface area (Å²) in [6, 6.07) is 25.6. The van der Waals surface area contributed by atoms with E-state index in [1.807, 2.05) is 79.7 Å². The fourth-order valence-corrected chi connectivity index (χ4v) is 4.26. The van der Waals surface area contributed by atoms with Gasteiger partial charge in [0, 0.05) is 23.8 Å². The van der Waals surface area contributed by atoms with Crippen molar-refractivity contribution in [1.82, 2.24) is 10.2 Å². The molecule has 0 aliphatic rings. The van der Waals surface area contributed by atoms with Gasteiger partial charge in [-0.1, -0.05) is 60.7 Å². The first-order valence-electron chi connectivity index (χ1n) is 10.7. The van der Waals surface area contributed by atoms with Crippen LogP contribution in [0.15, 0.2) is 90.3 Å². The van der Waals surface area contributed by atoms with Crippen LogP contribution in [0.1, 0.15) is 21.5 Å². The van der Waals surface area contributed by atoms with Crippen molar-refractivity contribution in [3.63, 3.8) is 0 Å². The average Bonchev–Trinajstić information content (AvgIpc) is 2.79. The van der Waals surface area contributed by atoms with Gasteiger partial charge in [-0.2, -0.15) is 0 Å². The Hall–Kier alpha value is -3.42. The molecule has 0 fully saturated rings. The lowest BCUT2D eigenvalue weighted by Crippen LogP contribution is -2.43. The molecule has 0 saturated carbocycles. The summed E-state index contributed by atoms with van der Waals surface area (Å²) in [6.45, 7) is 0.701. The zero-order chi connectivity index (χ0) is 23.7. The molecule has 0 heterocycles. The second-order valence-corrected chi connectivity index (χ2v) is 9.63. The Kier molecular flexibility index (Phi) is 8.40. The maximum absolute atomic E-state index is 12.8. The zero-order valence-corrected chi connectivity index (χ0v) is 19.6. The number of likely N-dealkylation sites (N-methyl/N-ethyl adjacent to an activating group) is 1. The Labute approximate surface area is 196 Å². The average molecular weight is 464 g/mol. The number of hydrogen-bond donors (Lipinski definition) is 2. The number of sulfonamides is 1. The number of amides is 1. The molecule has 0 radical (unpaired) electrons. The molecule has 1 unspecified atom stereocenters. The topological polar surface area (TPSA) is 78.5 Å². The van der Waals surface area contributed by atoms with Crippen molar-refractivity contribution in [2.75, 3.05) is 25.4 Å². The maximum atomic E-state index is 12.8. The van der Waals surface area contributed by atoms with E-state index in [9.17, 15) is 13.2 Å². The Balaban J connectivity index is 1.63. The summed E-state index contributed by atoms with van der Waals surface area (Å²) in [5.41, 5.74) is 2.80. The monoisotopic (exact) mass is 463 g/mol. The number of rotatable bonds is 10. The van der Waals surface area contributed by atoms with Gasteiger partial charge < -0.3 is 10.2 Å². The van der Waals surface area contributed by atoms with Gasteiger partial charge in [0.1, 0.15) is 0 Å². The van der Waals surface area contributed by atoms with Crippen molar-refractivity contribution in [2.24, 2.45) is 0 Å². The van der Waals surface area contributed by atoms with E-state index in [2.05, 4.69) is 10.0 Å². The lowest BCUT2D eigenvalue weighted by molar-refractivity contribution is 0.0930. The molecule has 0 aliphatic heterocycles. The van der Waals surface area contributed by atoms with Crippen LogP contribution in [0.5, 0.6) is 0 Å². The van der Waals surface area contributed by atoms with E-state index in [0.717, 1.165) is 23.0 Å². The van der Waals surface area contributed by atoms with Crippen LogP contribution in [0.2, 0.25) is 0 Å². The predicted molar refractivity (Wildman–Crippen MR) is 134 cm³/mol. The number of carbonyl (C=O) groups is 1. The third-order valence-electron chi connectivity index (χ3n) is 4.89. The molecule has 1 atom stereocenters. The van der Waals surface area contributed by atoms with Gasteiger partial charge in [-0.3, -0.25) is 9.52 Å². The maximum Gasteiger partial charge on any atom is 0.255 e. The second kappa shape index (κ2) is 11.4. The SMILES string of the molecule is CN(C)CC(Cc1ccccc1)NC(=O)c1ccc(NS(=O)(=O)C=Cc2ccccc2)cc1. The Morgan fingerprint density at radius 1 is 0.909 bits per heavy atom. The molecular weight excluding hydrogens is 434 g/mol. The van der Waals surface area contributed by atoms with E-state index >= 15 is 0 Å². The van der Waals surface area contributed by atoms with Gasteiger partial charge in [-0.05, 0) is 62.0 Å². The molecule has 0 bridgehead atoms. The van der Waals surface area contributed by atoms with Crippen LogP contribution in [0.25, 0.3) is 6.08 Å². The summed E-state index contributed by atoms with van der Waals surface area (Å²) in [5.74, 6) is -0.198. The Morgan fingerprint density at radius 2 is 1.52 bits per heavy atom. The number of carbonyl (C=O) groups excluding carboxylic acids is 1. The quantitative estimate of drug-likeness (QED) is 0.476. The zero-order valence-electron chi connectivity index (χ0n) is 18.8. The van der Waals surface area contributed by atoms with Crippen molar-refractivity contribution in [1.29, 1.82) is 0 Å². The van der Waals surface area contributed by atoms with Crippen molar-refractivity contribution in [3.05, 3.63) is 107 Å². The van der Waals surface area contributed by atoms with Gasteiger partial charge >= 0.3 is 0 Å². The van der Waals surface area contributed by atoms with Crippen LogP contribution >= 0.6 is 0 Å². The fourth-order valence-electron chi connectivity index (χ4n) is 3.39. The van der Waals surface area contributed by atoms with Crippen LogP contribution in [0.3, 0.4) is 0 Å². The van der Waals surface area contributed by atoms with Crippen molar-refractivity contribution < 1.29 is 13.2 Å². The Bertz CT molecular complexity index is 1160. The van der Waals surface area contributed by atoms with Crippen molar-refractivity contribution in [3.8, 4) is 0 Å². The summed E-state index contributed by atoms with van der Waals surface area (Å²) < 4.78 is 27.2. The minimum Gasteiger partial charge on any atom is -0.348 e. The molecule has 3 aromatic rings. The molecule has 172 valence electrons. The summed E-state index contributed by atoms with van der Waals surface area (Å²) >= 11 is 0. The highest BCUT2D eigenvalue weighted by Crippen LogP contribution is 2.14. The first-order valence-corrected chi connectivity index (χ1v) is 12.2. The van der Waals surface area contributed by atoms with Gasteiger partial charge in [0.25, 0.3) is 15.9 Å².